The van der Waals surface area contributed by atoms with Crippen LogP contribution in [0.2, 0.25) is 0 Å². The highest BCUT2D eigenvalue weighted by atomic mass is 32.1. The number of hydrogen-bond donors (Lipinski definition) is 3. The molecule has 1 saturated heterocycles. The maximum absolute atomic E-state index is 12.3. The second-order valence-electron chi connectivity index (χ2n) is 5.65. The van der Waals surface area contributed by atoms with Gasteiger partial charge in [0.25, 0.3) is 5.56 Å². The number of nitrogens with one attached hydrogen (secondary N) is 1. The Bertz CT molecular complexity index is 829. The number of aliphatic hydroxyl groups is 1. The molecule has 24 heavy (non-hydrogen) atoms. The van der Waals surface area contributed by atoms with Gasteiger partial charge in [-0.25, -0.2) is 0 Å². The molecule has 1 aliphatic rings. The zero-order valence-electron chi connectivity index (χ0n) is 13.2. The molecule has 9 nitrogen and oxygen atoms in total. The number of nitrogens with zero attached hydrogens (tertiary/aromatic N) is 2. The predicted molar refractivity (Wildman–Crippen MR) is 89.2 cm³/mol. The summed E-state index contributed by atoms with van der Waals surface area (Å²) in [6, 6.07) is 0. The van der Waals surface area contributed by atoms with E-state index in [4.69, 9.17) is 15.2 Å². The van der Waals surface area contributed by atoms with E-state index in [1.165, 1.54) is 4.57 Å². The minimum absolute atomic E-state index is 0.0634. The van der Waals surface area contributed by atoms with Gasteiger partial charge in [-0.05, 0) is 6.42 Å². The first-order valence-corrected chi connectivity index (χ1v) is 8.65. The number of aliphatic hydroxyl groups excluding tert-OH is 1. The molecule has 2 aromatic heterocycles. The Hall–Kier alpha value is -1.75. The summed E-state index contributed by atoms with van der Waals surface area (Å²) in [5, 5.41) is 9.50. The number of nitrogens with two attached hydrogens (primary N) is 1. The van der Waals surface area contributed by atoms with Crippen molar-refractivity contribution in [3.63, 3.8) is 0 Å². The number of H-pyrrole nitrogens is 1. The molecule has 0 bridgehead atoms. The average molecular weight is 356 g/mol. The van der Waals surface area contributed by atoms with E-state index in [-0.39, 0.29) is 33.9 Å². The molecule has 3 heterocycles. The van der Waals surface area contributed by atoms with Gasteiger partial charge in [0.1, 0.15) is 17.0 Å². The van der Waals surface area contributed by atoms with Crippen molar-refractivity contribution in [3.8, 4) is 0 Å². The first kappa shape index (κ1) is 17.1. The quantitative estimate of drug-likeness (QED) is 0.629. The maximum Gasteiger partial charge on any atom is 0.311 e. The van der Waals surface area contributed by atoms with Crippen molar-refractivity contribution in [2.75, 3.05) is 18.9 Å². The van der Waals surface area contributed by atoms with Crippen LogP contribution in [-0.2, 0) is 9.47 Å². The number of nitrogen functional groups attached to an aromatic ring is 1. The lowest BCUT2D eigenvalue weighted by atomic mass is 10.2. The highest BCUT2D eigenvalue weighted by Gasteiger charge is 2.38. The van der Waals surface area contributed by atoms with Crippen molar-refractivity contribution in [1.29, 1.82) is 0 Å². The normalized spacial score (nSPS) is 24.0. The molecule has 4 N–H and O–H groups in total. The van der Waals surface area contributed by atoms with Crippen LogP contribution < -0.4 is 16.2 Å². The number of aromatic amines is 1. The molecular formula is C14H20N4O5S. The van der Waals surface area contributed by atoms with E-state index >= 15 is 0 Å². The molecule has 132 valence electrons. The van der Waals surface area contributed by atoms with Gasteiger partial charge < -0.3 is 20.3 Å². The van der Waals surface area contributed by atoms with Gasteiger partial charge in [-0.3, -0.25) is 19.1 Å². The third-order valence-electron chi connectivity index (χ3n) is 3.97. The molecule has 1 aliphatic heterocycles. The van der Waals surface area contributed by atoms with Crippen molar-refractivity contribution in [2.45, 2.75) is 44.6 Å². The largest absolute Gasteiger partial charge is 0.394 e. The van der Waals surface area contributed by atoms with E-state index < -0.39 is 17.9 Å². The van der Waals surface area contributed by atoms with E-state index in [1.807, 2.05) is 0 Å². The second kappa shape index (κ2) is 7.01. The summed E-state index contributed by atoms with van der Waals surface area (Å²) >= 11 is 0.795. The summed E-state index contributed by atoms with van der Waals surface area (Å²) in [6.07, 6.45) is 0.828. The zero-order valence-corrected chi connectivity index (χ0v) is 14.0. The van der Waals surface area contributed by atoms with Gasteiger partial charge in [0.05, 0.1) is 12.7 Å². The van der Waals surface area contributed by atoms with Crippen LogP contribution in [0.5, 0.6) is 0 Å². The second-order valence-corrected chi connectivity index (χ2v) is 6.61. The molecule has 0 spiro atoms. The van der Waals surface area contributed by atoms with E-state index in [0.29, 0.717) is 13.0 Å². The molecule has 2 aromatic rings. The number of rotatable bonds is 6. The van der Waals surface area contributed by atoms with Crippen molar-refractivity contribution < 1.29 is 14.6 Å². The van der Waals surface area contributed by atoms with Crippen molar-refractivity contribution in [2.24, 2.45) is 0 Å². The molecule has 0 amide bonds. The fourth-order valence-electron chi connectivity index (χ4n) is 2.78. The fourth-order valence-corrected chi connectivity index (χ4v) is 3.63. The predicted octanol–water partition coefficient (Wildman–Crippen LogP) is 0.194. The van der Waals surface area contributed by atoms with Gasteiger partial charge in [0, 0.05) is 13.0 Å². The number of hydrogen-bond acceptors (Lipinski definition) is 8. The number of unbranched alkanes of at least 4 members (excludes halogenated alkanes) is 1. The van der Waals surface area contributed by atoms with Crippen molar-refractivity contribution in [1.82, 2.24) is 14.5 Å². The molecule has 10 heteroatoms. The Morgan fingerprint density at radius 3 is 3.04 bits per heavy atom. The van der Waals surface area contributed by atoms with Crippen LogP contribution >= 0.6 is 11.3 Å². The SMILES string of the molecule is CCCCO[C@@H]1C[C@H](n2c(=O)sc3c(=O)[nH]c(N)nc32)O[C@@H]1CO. The van der Waals surface area contributed by atoms with Gasteiger partial charge >= 0.3 is 4.87 Å². The lowest BCUT2D eigenvalue weighted by Crippen LogP contribution is -2.28. The summed E-state index contributed by atoms with van der Waals surface area (Å²) in [7, 11) is 0. The van der Waals surface area contributed by atoms with Gasteiger partial charge in [-0.1, -0.05) is 24.7 Å². The molecular weight excluding hydrogens is 336 g/mol. The number of fused-ring (bicyclic) bond motifs is 1. The number of thiazole rings is 1. The topological polar surface area (TPSA) is 132 Å². The summed E-state index contributed by atoms with van der Waals surface area (Å²) in [5.41, 5.74) is 5.32. The number of aromatic nitrogens is 3. The zero-order chi connectivity index (χ0) is 17.3. The Kier molecular flexibility index (Phi) is 4.99. The lowest BCUT2D eigenvalue weighted by molar-refractivity contribution is -0.0610. The molecule has 0 aliphatic carbocycles. The monoisotopic (exact) mass is 356 g/mol. The smallest absolute Gasteiger partial charge is 0.311 e. The van der Waals surface area contributed by atoms with Gasteiger partial charge in [0.15, 0.2) is 5.65 Å². The Labute approximate surface area is 141 Å². The van der Waals surface area contributed by atoms with Crippen LogP contribution in [0.1, 0.15) is 32.4 Å². The molecule has 3 atom stereocenters. The third kappa shape index (κ3) is 3.09. The van der Waals surface area contributed by atoms with Crippen molar-refractivity contribution in [3.05, 3.63) is 20.0 Å². The fraction of sp³-hybridized carbons (Fsp3) is 0.643. The van der Waals surface area contributed by atoms with E-state index in [1.54, 1.807) is 0 Å². The molecule has 1 fully saturated rings. The van der Waals surface area contributed by atoms with Gasteiger partial charge in [0.2, 0.25) is 5.95 Å². The average Bonchev–Trinajstić information content (AvgIpc) is 3.08. The Morgan fingerprint density at radius 1 is 1.54 bits per heavy atom. The van der Waals surface area contributed by atoms with E-state index in [9.17, 15) is 14.7 Å². The lowest BCUT2D eigenvalue weighted by Gasteiger charge is -2.16. The van der Waals surface area contributed by atoms with Crippen LogP contribution in [-0.4, -0.2) is 45.1 Å². The first-order chi connectivity index (χ1) is 11.5. The Balaban J connectivity index is 1.92. The summed E-state index contributed by atoms with van der Waals surface area (Å²) in [4.78, 5) is 30.3. The molecule has 0 aromatic carbocycles. The minimum Gasteiger partial charge on any atom is -0.394 e. The summed E-state index contributed by atoms with van der Waals surface area (Å²) < 4.78 is 13.1. The molecule has 0 saturated carbocycles. The Morgan fingerprint density at radius 2 is 2.33 bits per heavy atom. The standard InChI is InChI=1S/C14H20N4O5S/c1-2-3-4-22-7-5-9(23-8(7)6-19)18-11-10(24-14(18)21)12(20)17-13(15)16-11/h7-9,19H,2-6H2,1H3,(H3,15,16,17,20)/t7-,8-,9-/m1/s1. The van der Waals surface area contributed by atoms with Crippen LogP contribution in [0, 0.1) is 0 Å². The minimum atomic E-state index is -0.649. The van der Waals surface area contributed by atoms with E-state index in [0.717, 1.165) is 24.2 Å². The first-order valence-electron chi connectivity index (χ1n) is 7.83. The highest BCUT2D eigenvalue weighted by molar-refractivity contribution is 7.16. The number of anilines is 1. The highest BCUT2D eigenvalue weighted by Crippen LogP contribution is 2.32. The number of ether oxygens (including phenoxy) is 2. The van der Waals surface area contributed by atoms with Gasteiger partial charge in [-0.15, -0.1) is 0 Å². The van der Waals surface area contributed by atoms with Gasteiger partial charge in [-0.2, -0.15) is 4.98 Å². The molecule has 0 unspecified atom stereocenters. The van der Waals surface area contributed by atoms with Crippen LogP contribution in [0.15, 0.2) is 9.59 Å². The molecule has 0 radical (unpaired) electrons. The van der Waals surface area contributed by atoms with Crippen LogP contribution in [0.4, 0.5) is 5.95 Å². The maximum atomic E-state index is 12.3. The van der Waals surface area contributed by atoms with Crippen LogP contribution in [0.3, 0.4) is 0 Å². The molecule has 3 rings (SSSR count). The third-order valence-corrected chi connectivity index (χ3v) is 4.91. The summed E-state index contributed by atoms with van der Waals surface area (Å²) in [5.74, 6) is -0.0634. The summed E-state index contributed by atoms with van der Waals surface area (Å²) in [6.45, 7) is 2.42. The van der Waals surface area contributed by atoms with Crippen LogP contribution in [0.25, 0.3) is 10.3 Å². The van der Waals surface area contributed by atoms with E-state index in [2.05, 4.69) is 16.9 Å². The van der Waals surface area contributed by atoms with Crippen molar-refractivity contribution >= 4 is 27.6 Å².